The minimum Gasteiger partial charge on any atom is -0.444 e. The molecular weight excluding hydrogens is 330 g/mol. The van der Waals surface area contributed by atoms with E-state index in [1.165, 1.54) is 37.3 Å². The predicted octanol–water partition coefficient (Wildman–Crippen LogP) is 2.13. The van der Waals surface area contributed by atoms with Gasteiger partial charge >= 0.3 is 5.97 Å². The minimum absolute atomic E-state index is 0.0126. The van der Waals surface area contributed by atoms with Gasteiger partial charge in [-0.05, 0) is 37.3 Å². The van der Waals surface area contributed by atoms with E-state index in [0.29, 0.717) is 0 Å². The van der Waals surface area contributed by atoms with Gasteiger partial charge in [0.1, 0.15) is 6.07 Å². The molecule has 1 aliphatic rings. The highest BCUT2D eigenvalue weighted by Gasteiger charge is 2.35. The van der Waals surface area contributed by atoms with E-state index in [1.54, 1.807) is 12.1 Å². The molecule has 0 fully saturated rings. The van der Waals surface area contributed by atoms with Crippen LogP contribution in [0.15, 0.2) is 52.3 Å². The molecule has 0 bridgehead atoms. The number of hydrogen-bond donors (Lipinski definition) is 0. The number of hydrogen-bond acceptors (Lipinski definition) is 6. The van der Waals surface area contributed by atoms with E-state index in [2.05, 4.69) is 0 Å². The van der Waals surface area contributed by atoms with E-state index in [-0.39, 0.29) is 26.5 Å². The summed E-state index contributed by atoms with van der Waals surface area (Å²) >= 11 is 0. The third-order valence-corrected chi connectivity index (χ3v) is 5.49. The molecule has 2 aromatic rings. The average molecular weight is 341 g/mol. The molecule has 7 heteroatoms. The number of carbonyl (C=O) groups excluding carboxylic acids is 2. The summed E-state index contributed by atoms with van der Waals surface area (Å²) in [4.78, 5) is 24.1. The van der Waals surface area contributed by atoms with Crippen LogP contribution in [0.25, 0.3) is 0 Å². The molecule has 2 aromatic carbocycles. The van der Waals surface area contributed by atoms with Crippen LogP contribution in [0.5, 0.6) is 0 Å². The van der Waals surface area contributed by atoms with Crippen LogP contribution in [-0.2, 0) is 14.6 Å². The molecule has 3 rings (SSSR count). The van der Waals surface area contributed by atoms with Crippen LogP contribution in [0, 0.1) is 11.3 Å². The summed E-state index contributed by atoms with van der Waals surface area (Å²) in [6, 6.07) is 11.4. The molecule has 1 atom stereocenters. The van der Waals surface area contributed by atoms with E-state index in [9.17, 15) is 18.0 Å². The Kier molecular flexibility index (Phi) is 3.70. The molecule has 0 saturated heterocycles. The highest BCUT2D eigenvalue weighted by Crippen LogP contribution is 2.34. The van der Waals surface area contributed by atoms with E-state index in [0.717, 1.165) is 6.07 Å². The van der Waals surface area contributed by atoms with Gasteiger partial charge in [0.25, 0.3) is 0 Å². The van der Waals surface area contributed by atoms with Crippen molar-refractivity contribution in [3.8, 4) is 6.07 Å². The summed E-state index contributed by atoms with van der Waals surface area (Å²) < 4.78 is 30.3. The fourth-order valence-electron chi connectivity index (χ4n) is 2.47. The van der Waals surface area contributed by atoms with Crippen LogP contribution >= 0.6 is 0 Å². The van der Waals surface area contributed by atoms with Gasteiger partial charge in [0.2, 0.25) is 9.84 Å². The second kappa shape index (κ2) is 5.58. The molecule has 0 aromatic heterocycles. The second-order valence-corrected chi connectivity index (χ2v) is 7.10. The minimum atomic E-state index is -3.92. The molecule has 0 radical (unpaired) electrons. The Bertz CT molecular complexity index is 1020. The summed E-state index contributed by atoms with van der Waals surface area (Å²) in [7, 11) is -3.92. The fraction of sp³-hybridized carbons (Fsp3) is 0.118. The van der Waals surface area contributed by atoms with Crippen LogP contribution in [0.3, 0.4) is 0 Å². The first-order valence-corrected chi connectivity index (χ1v) is 8.48. The lowest BCUT2D eigenvalue weighted by Gasteiger charge is -2.19. The summed E-state index contributed by atoms with van der Waals surface area (Å²) in [5.41, 5.74) is 0.0867. The van der Waals surface area contributed by atoms with Crippen LogP contribution in [0.2, 0.25) is 0 Å². The SMILES string of the molecule is C[C@@H](C#N)OC(=O)c1ccc2c(c1)S(=O)(=O)c1ccccc1C2=O. The van der Waals surface area contributed by atoms with E-state index < -0.39 is 27.7 Å². The Hall–Kier alpha value is -2.98. The molecule has 1 aliphatic heterocycles. The van der Waals surface area contributed by atoms with Gasteiger partial charge in [-0.25, -0.2) is 13.2 Å². The average Bonchev–Trinajstić information content (AvgIpc) is 2.59. The van der Waals surface area contributed by atoms with Gasteiger partial charge in [0.15, 0.2) is 11.9 Å². The van der Waals surface area contributed by atoms with Crippen molar-refractivity contribution in [1.29, 1.82) is 5.26 Å². The number of fused-ring (bicyclic) bond motifs is 2. The maximum atomic E-state index is 12.7. The topological polar surface area (TPSA) is 101 Å². The Morgan fingerprint density at radius 3 is 2.50 bits per heavy atom. The quantitative estimate of drug-likeness (QED) is 0.662. The van der Waals surface area contributed by atoms with Crippen molar-refractivity contribution in [3.05, 3.63) is 59.2 Å². The number of benzene rings is 2. The maximum absolute atomic E-state index is 12.7. The first-order valence-electron chi connectivity index (χ1n) is 6.99. The van der Waals surface area contributed by atoms with Crippen LogP contribution in [0.4, 0.5) is 0 Å². The molecular formula is C17H11NO5S. The molecule has 0 unspecified atom stereocenters. The molecule has 6 nitrogen and oxygen atoms in total. The largest absolute Gasteiger partial charge is 0.444 e. The van der Waals surface area contributed by atoms with E-state index >= 15 is 0 Å². The standard InChI is InChI=1S/C17H11NO5S/c1-10(9-18)23-17(20)11-6-7-13-15(8-11)24(21,22)14-5-3-2-4-12(14)16(13)19/h2-8,10H,1H3/t10-/m0/s1. The number of ether oxygens (including phenoxy) is 1. The summed E-state index contributed by atoms with van der Waals surface area (Å²) in [5.74, 6) is -1.24. The number of nitriles is 1. The summed E-state index contributed by atoms with van der Waals surface area (Å²) in [6.45, 7) is 1.40. The molecule has 0 aliphatic carbocycles. The second-order valence-electron chi connectivity index (χ2n) is 5.22. The van der Waals surface area contributed by atoms with Crippen molar-refractivity contribution in [1.82, 2.24) is 0 Å². The number of nitrogens with zero attached hydrogens (tertiary/aromatic N) is 1. The first-order chi connectivity index (χ1) is 11.4. The van der Waals surface area contributed by atoms with E-state index in [4.69, 9.17) is 10.00 Å². The summed E-state index contributed by atoms with van der Waals surface area (Å²) in [5, 5.41) is 8.68. The van der Waals surface area contributed by atoms with Crippen molar-refractivity contribution >= 4 is 21.6 Å². The molecule has 120 valence electrons. The molecule has 0 spiro atoms. The number of carbonyl (C=O) groups is 2. The molecule has 24 heavy (non-hydrogen) atoms. The Morgan fingerprint density at radius 1 is 1.12 bits per heavy atom. The monoisotopic (exact) mass is 341 g/mol. The number of sulfone groups is 1. The zero-order valence-corrected chi connectivity index (χ0v) is 13.3. The van der Waals surface area contributed by atoms with Gasteiger partial charge in [-0.1, -0.05) is 12.1 Å². The zero-order chi connectivity index (χ0) is 17.5. The Balaban J connectivity index is 2.14. The maximum Gasteiger partial charge on any atom is 0.339 e. The van der Waals surface area contributed by atoms with Crippen LogP contribution < -0.4 is 0 Å². The van der Waals surface area contributed by atoms with Crippen molar-refractivity contribution < 1.29 is 22.7 Å². The summed E-state index contributed by atoms with van der Waals surface area (Å²) in [6.07, 6.45) is -0.965. The Labute approximate surface area is 138 Å². The van der Waals surface area contributed by atoms with Crippen LogP contribution in [0.1, 0.15) is 33.2 Å². The molecule has 0 N–H and O–H groups in total. The number of rotatable bonds is 2. The third-order valence-electron chi connectivity index (χ3n) is 3.64. The fourth-order valence-corrected chi connectivity index (χ4v) is 4.14. The van der Waals surface area contributed by atoms with Gasteiger partial charge in [-0.3, -0.25) is 4.79 Å². The van der Waals surface area contributed by atoms with Crippen LogP contribution in [-0.4, -0.2) is 26.3 Å². The van der Waals surface area contributed by atoms with Crippen molar-refractivity contribution in [2.45, 2.75) is 22.8 Å². The van der Waals surface area contributed by atoms with Crippen molar-refractivity contribution in [3.63, 3.8) is 0 Å². The lowest BCUT2D eigenvalue weighted by molar-refractivity contribution is 0.0435. The molecule has 0 saturated carbocycles. The number of ketones is 1. The number of esters is 1. The van der Waals surface area contributed by atoms with Gasteiger partial charge < -0.3 is 4.74 Å². The lowest BCUT2D eigenvalue weighted by atomic mass is 10.0. The smallest absolute Gasteiger partial charge is 0.339 e. The zero-order valence-electron chi connectivity index (χ0n) is 12.5. The predicted molar refractivity (Wildman–Crippen MR) is 82.3 cm³/mol. The normalized spacial score (nSPS) is 15.6. The van der Waals surface area contributed by atoms with Gasteiger partial charge in [-0.2, -0.15) is 5.26 Å². The molecule has 1 heterocycles. The van der Waals surface area contributed by atoms with Crippen molar-refractivity contribution in [2.24, 2.45) is 0 Å². The van der Waals surface area contributed by atoms with Crippen molar-refractivity contribution in [2.75, 3.05) is 0 Å². The first kappa shape index (κ1) is 15.9. The highest BCUT2D eigenvalue weighted by molar-refractivity contribution is 7.91. The van der Waals surface area contributed by atoms with Gasteiger partial charge in [0.05, 0.1) is 15.4 Å². The van der Waals surface area contributed by atoms with Gasteiger partial charge in [0, 0.05) is 11.1 Å². The molecule has 0 amide bonds. The van der Waals surface area contributed by atoms with E-state index in [1.807, 2.05) is 0 Å². The highest BCUT2D eigenvalue weighted by atomic mass is 32.2. The van der Waals surface area contributed by atoms with Gasteiger partial charge in [-0.15, -0.1) is 0 Å². The Morgan fingerprint density at radius 2 is 1.79 bits per heavy atom. The lowest BCUT2D eigenvalue weighted by Crippen LogP contribution is -2.21. The third kappa shape index (κ3) is 2.37.